The number of rotatable bonds is 2. The fourth-order valence-electron chi connectivity index (χ4n) is 3.44. The van der Waals surface area contributed by atoms with E-state index in [4.69, 9.17) is 21.3 Å². The molecule has 0 aliphatic carbocycles. The molecule has 5 aromatic rings. The molecule has 0 radical (unpaired) electrons. The minimum Gasteiger partial charge on any atom is -0.462 e. The molecule has 0 N–H and O–H groups in total. The van der Waals surface area contributed by atoms with Crippen molar-refractivity contribution in [3.05, 3.63) is 69.3 Å². The molecule has 5 nitrogen and oxygen atoms in total. The molecule has 3 heterocycles. The number of carbonyl (C=O) groups excluding carboxylic acids is 1. The fourth-order valence-corrected chi connectivity index (χ4v) is 4.76. The maximum absolute atomic E-state index is 13.3. The lowest BCUT2D eigenvalue weighted by atomic mass is 10.1. The molecule has 0 aliphatic rings. The lowest BCUT2D eigenvalue weighted by molar-refractivity contribution is 0.0527. The number of aromatic nitrogens is 2. The van der Waals surface area contributed by atoms with E-state index in [-0.39, 0.29) is 17.6 Å². The average molecular weight is 409 g/mol. The average Bonchev–Trinajstić information content (AvgIpc) is 3.05. The van der Waals surface area contributed by atoms with E-state index < -0.39 is 5.97 Å². The smallest absolute Gasteiger partial charge is 0.345 e. The summed E-state index contributed by atoms with van der Waals surface area (Å²) in [5, 5.41) is 1.77. The van der Waals surface area contributed by atoms with Gasteiger partial charge in [-0.3, -0.25) is 9.20 Å². The highest BCUT2D eigenvalue weighted by Gasteiger charge is 2.23. The molecule has 28 heavy (non-hydrogen) atoms. The maximum atomic E-state index is 13.3. The number of benzene rings is 2. The van der Waals surface area contributed by atoms with Gasteiger partial charge in [0.25, 0.3) is 0 Å². The van der Waals surface area contributed by atoms with Gasteiger partial charge in [-0.25, -0.2) is 9.78 Å². The van der Waals surface area contributed by atoms with Crippen LogP contribution in [0.2, 0.25) is 5.02 Å². The zero-order valence-corrected chi connectivity index (χ0v) is 16.3. The molecule has 2 aromatic carbocycles. The number of pyridine rings is 2. The van der Waals surface area contributed by atoms with E-state index in [1.807, 2.05) is 40.8 Å². The molecule has 0 atom stereocenters. The number of fused-ring (bicyclic) bond motifs is 6. The van der Waals surface area contributed by atoms with Crippen molar-refractivity contribution in [3.63, 3.8) is 0 Å². The SMILES string of the molecule is CCOC(=O)c1c(=O)c2cc3ccccc3nc2n2c1sc1ccc(Cl)cc12. The van der Waals surface area contributed by atoms with Gasteiger partial charge in [-0.1, -0.05) is 29.8 Å². The summed E-state index contributed by atoms with van der Waals surface area (Å²) >= 11 is 7.57. The summed E-state index contributed by atoms with van der Waals surface area (Å²) in [6, 6.07) is 14.8. The Morgan fingerprint density at radius 2 is 2.04 bits per heavy atom. The Hall–Kier alpha value is -2.96. The number of hydrogen-bond acceptors (Lipinski definition) is 5. The standard InChI is InChI=1S/C21H13ClN2O3S/c1-2-27-21(26)17-18(25)13-9-11-5-3-4-6-14(11)23-19(13)24-15-10-12(22)7-8-16(15)28-20(17)24/h3-10H,2H2,1H3. The van der Waals surface area contributed by atoms with Crippen LogP contribution in [0.4, 0.5) is 0 Å². The Labute approximate surface area is 167 Å². The van der Waals surface area contributed by atoms with Crippen LogP contribution in [0.15, 0.2) is 53.3 Å². The zero-order valence-electron chi connectivity index (χ0n) is 14.7. The summed E-state index contributed by atoms with van der Waals surface area (Å²) in [6.45, 7) is 1.91. The van der Waals surface area contributed by atoms with Crippen LogP contribution in [0.3, 0.4) is 0 Å². The van der Waals surface area contributed by atoms with Gasteiger partial charge in [-0.2, -0.15) is 0 Å². The Kier molecular flexibility index (Phi) is 3.86. The molecule has 0 amide bonds. The first-order valence-electron chi connectivity index (χ1n) is 8.72. The molecule has 0 unspecified atom stereocenters. The number of carbonyl (C=O) groups is 1. The van der Waals surface area contributed by atoms with Gasteiger partial charge in [0.1, 0.15) is 16.0 Å². The van der Waals surface area contributed by atoms with Crippen molar-refractivity contribution in [2.75, 3.05) is 6.61 Å². The first-order chi connectivity index (χ1) is 13.6. The van der Waals surface area contributed by atoms with E-state index in [1.165, 1.54) is 11.3 Å². The van der Waals surface area contributed by atoms with E-state index in [1.54, 1.807) is 19.1 Å². The summed E-state index contributed by atoms with van der Waals surface area (Å²) in [4.78, 5) is 31.2. The normalized spacial score (nSPS) is 11.6. The van der Waals surface area contributed by atoms with E-state index >= 15 is 0 Å². The lowest BCUT2D eigenvalue weighted by Crippen LogP contribution is -2.20. The van der Waals surface area contributed by atoms with E-state index in [9.17, 15) is 9.59 Å². The zero-order chi connectivity index (χ0) is 19.4. The van der Waals surface area contributed by atoms with Crippen LogP contribution >= 0.6 is 22.9 Å². The summed E-state index contributed by atoms with van der Waals surface area (Å²) in [6.07, 6.45) is 0. The summed E-state index contributed by atoms with van der Waals surface area (Å²) in [7, 11) is 0. The predicted molar refractivity (Wildman–Crippen MR) is 113 cm³/mol. The molecule has 0 aliphatic heterocycles. The highest BCUT2D eigenvalue weighted by atomic mass is 35.5. The monoisotopic (exact) mass is 408 g/mol. The number of esters is 1. The quantitative estimate of drug-likeness (QED) is 0.303. The van der Waals surface area contributed by atoms with Crippen molar-refractivity contribution >= 4 is 65.9 Å². The third-order valence-corrected chi connectivity index (χ3v) is 6.03. The number of ether oxygens (including phenoxy) is 1. The van der Waals surface area contributed by atoms with E-state index in [0.717, 1.165) is 21.1 Å². The van der Waals surface area contributed by atoms with Gasteiger partial charge in [0, 0.05) is 10.4 Å². The molecule has 5 rings (SSSR count). The first kappa shape index (κ1) is 17.2. The summed E-state index contributed by atoms with van der Waals surface area (Å²) in [5.74, 6) is -0.627. The highest BCUT2D eigenvalue weighted by molar-refractivity contribution is 7.24. The molecule has 0 spiro atoms. The third-order valence-electron chi connectivity index (χ3n) is 4.65. The highest BCUT2D eigenvalue weighted by Crippen LogP contribution is 2.33. The molecule has 3 aromatic heterocycles. The van der Waals surface area contributed by atoms with Crippen molar-refractivity contribution in [2.45, 2.75) is 6.92 Å². The van der Waals surface area contributed by atoms with Crippen LogP contribution in [0.25, 0.3) is 37.0 Å². The second-order valence-electron chi connectivity index (χ2n) is 6.33. The van der Waals surface area contributed by atoms with Crippen LogP contribution in [0.5, 0.6) is 0 Å². The largest absolute Gasteiger partial charge is 0.462 e. The lowest BCUT2D eigenvalue weighted by Gasteiger charge is -2.09. The van der Waals surface area contributed by atoms with Crippen molar-refractivity contribution < 1.29 is 9.53 Å². The Morgan fingerprint density at radius 1 is 1.21 bits per heavy atom. The van der Waals surface area contributed by atoms with Gasteiger partial charge in [0.05, 0.1) is 27.7 Å². The minimum absolute atomic E-state index is 0.0313. The van der Waals surface area contributed by atoms with Gasteiger partial charge < -0.3 is 4.74 Å². The topological polar surface area (TPSA) is 60.7 Å². The molecule has 0 saturated heterocycles. The predicted octanol–water partition coefficient (Wildman–Crippen LogP) is 5.05. The Bertz CT molecular complexity index is 1490. The molecule has 0 bridgehead atoms. The van der Waals surface area contributed by atoms with Gasteiger partial charge in [0.15, 0.2) is 0 Å². The van der Waals surface area contributed by atoms with Gasteiger partial charge >= 0.3 is 5.97 Å². The van der Waals surface area contributed by atoms with Crippen LogP contribution in [0, 0.1) is 0 Å². The number of nitrogens with zero attached hydrogens (tertiary/aromatic N) is 2. The molecule has 7 heteroatoms. The molecular formula is C21H13ClN2O3S. The Morgan fingerprint density at radius 3 is 2.86 bits per heavy atom. The van der Waals surface area contributed by atoms with Crippen LogP contribution in [0.1, 0.15) is 17.3 Å². The van der Waals surface area contributed by atoms with Crippen LogP contribution in [-0.4, -0.2) is 22.0 Å². The van der Waals surface area contributed by atoms with Gasteiger partial charge in [0.2, 0.25) is 5.43 Å². The molecular weight excluding hydrogens is 396 g/mol. The second-order valence-corrected chi connectivity index (χ2v) is 7.80. The first-order valence-corrected chi connectivity index (χ1v) is 9.91. The molecule has 0 fully saturated rings. The number of halogens is 1. The number of hydrogen-bond donors (Lipinski definition) is 0. The summed E-state index contributed by atoms with van der Waals surface area (Å²) < 4.78 is 7.92. The van der Waals surface area contributed by atoms with Crippen molar-refractivity contribution in [3.8, 4) is 0 Å². The van der Waals surface area contributed by atoms with E-state index in [2.05, 4.69) is 0 Å². The minimum atomic E-state index is -0.627. The Balaban J connectivity index is 2.08. The second kappa shape index (κ2) is 6.29. The van der Waals surface area contributed by atoms with Crippen molar-refractivity contribution in [2.24, 2.45) is 0 Å². The number of thiazole rings is 1. The van der Waals surface area contributed by atoms with Crippen molar-refractivity contribution in [1.29, 1.82) is 0 Å². The molecule has 0 saturated carbocycles. The third kappa shape index (κ3) is 2.42. The van der Waals surface area contributed by atoms with E-state index in [0.29, 0.717) is 20.9 Å². The van der Waals surface area contributed by atoms with Gasteiger partial charge in [-0.15, -0.1) is 11.3 Å². The maximum Gasteiger partial charge on any atom is 0.345 e. The number of para-hydroxylation sites is 1. The van der Waals surface area contributed by atoms with Gasteiger partial charge in [-0.05, 0) is 37.3 Å². The summed E-state index contributed by atoms with van der Waals surface area (Å²) in [5.41, 5.74) is 1.73. The van der Waals surface area contributed by atoms with Crippen LogP contribution < -0.4 is 5.43 Å². The van der Waals surface area contributed by atoms with Crippen molar-refractivity contribution in [1.82, 2.24) is 9.38 Å². The fraction of sp³-hybridized carbons (Fsp3) is 0.0952. The van der Waals surface area contributed by atoms with Crippen LogP contribution in [-0.2, 0) is 4.74 Å². The molecule has 138 valence electrons.